The van der Waals surface area contributed by atoms with Crippen LogP contribution in [0.5, 0.6) is 0 Å². The van der Waals surface area contributed by atoms with Gasteiger partial charge < -0.3 is 20.1 Å². The van der Waals surface area contributed by atoms with E-state index in [2.05, 4.69) is 32.6 Å². The summed E-state index contributed by atoms with van der Waals surface area (Å²) in [6.45, 7) is 12.0. The zero-order valence-electron chi connectivity index (χ0n) is 13.4. The Bertz CT molecular complexity index is 521. The van der Waals surface area contributed by atoms with Crippen molar-refractivity contribution in [2.75, 3.05) is 30.3 Å². The minimum absolute atomic E-state index is 0.245. The van der Waals surface area contributed by atoms with Crippen LogP contribution in [0.4, 0.5) is 10.7 Å². The highest BCUT2D eigenvalue weighted by Gasteiger charge is 2.39. The molecule has 1 aliphatic heterocycles. The maximum absolute atomic E-state index is 11.9. The first-order valence-corrected chi connectivity index (χ1v) is 7.97. The second-order valence-electron chi connectivity index (χ2n) is 6.57. The average molecular weight is 312 g/mol. The molecule has 0 radical (unpaired) electrons. The van der Waals surface area contributed by atoms with Crippen LogP contribution in [0.25, 0.3) is 0 Å². The molecule has 0 spiro atoms. The molecule has 118 valence electrons. The van der Waals surface area contributed by atoms with Crippen molar-refractivity contribution < 1.29 is 14.3 Å². The third-order valence-electron chi connectivity index (χ3n) is 3.22. The van der Waals surface area contributed by atoms with Gasteiger partial charge in [0.15, 0.2) is 0 Å². The van der Waals surface area contributed by atoms with E-state index in [-0.39, 0.29) is 17.2 Å². The fourth-order valence-corrected chi connectivity index (χ4v) is 3.82. The van der Waals surface area contributed by atoms with E-state index in [1.54, 1.807) is 6.92 Å². The summed E-state index contributed by atoms with van der Waals surface area (Å²) < 4.78 is 11.1. The number of carbonyl (C=O) groups is 1. The van der Waals surface area contributed by atoms with E-state index < -0.39 is 0 Å². The lowest BCUT2D eigenvalue weighted by Gasteiger charge is -2.47. The van der Waals surface area contributed by atoms with Crippen molar-refractivity contribution in [3.05, 3.63) is 10.9 Å². The molecule has 0 atom stereocenters. The number of esters is 1. The number of carbonyl (C=O) groups excluding carboxylic acids is 1. The Balaban J connectivity index is 2.26. The maximum atomic E-state index is 11.9. The third-order valence-corrected chi connectivity index (χ3v) is 4.41. The summed E-state index contributed by atoms with van der Waals surface area (Å²) in [6, 6.07) is 1.86. The van der Waals surface area contributed by atoms with Crippen LogP contribution >= 0.6 is 11.3 Å². The highest BCUT2D eigenvalue weighted by Crippen LogP contribution is 2.37. The summed E-state index contributed by atoms with van der Waals surface area (Å²) in [4.78, 5) is 14.6. The number of morpholine rings is 1. The molecule has 6 heteroatoms. The third kappa shape index (κ3) is 3.68. The lowest BCUT2D eigenvalue weighted by molar-refractivity contribution is -0.132. The van der Waals surface area contributed by atoms with Crippen LogP contribution < -0.4 is 10.6 Å². The van der Waals surface area contributed by atoms with Gasteiger partial charge in [0.2, 0.25) is 0 Å². The van der Waals surface area contributed by atoms with Gasteiger partial charge in [-0.1, -0.05) is 0 Å². The predicted octanol–water partition coefficient (Wildman–Crippen LogP) is 2.90. The molecule has 0 unspecified atom stereocenters. The zero-order valence-corrected chi connectivity index (χ0v) is 14.2. The first-order chi connectivity index (χ1) is 9.63. The predicted molar refractivity (Wildman–Crippen MR) is 86.1 cm³/mol. The fourth-order valence-electron chi connectivity index (χ4n) is 2.85. The van der Waals surface area contributed by atoms with Crippen molar-refractivity contribution in [2.24, 2.45) is 0 Å². The van der Waals surface area contributed by atoms with Crippen LogP contribution in [0.3, 0.4) is 0 Å². The van der Waals surface area contributed by atoms with Crippen molar-refractivity contribution in [1.82, 2.24) is 0 Å². The maximum Gasteiger partial charge on any atom is 0.350 e. The molecule has 2 N–H and O–H groups in total. The number of nitrogens with zero attached hydrogens (tertiary/aromatic N) is 1. The smallest absolute Gasteiger partial charge is 0.350 e. The van der Waals surface area contributed by atoms with Crippen LogP contribution in [-0.4, -0.2) is 36.9 Å². The zero-order chi connectivity index (χ0) is 15.8. The average Bonchev–Trinajstić information content (AvgIpc) is 2.67. The Hall–Kier alpha value is -1.27. The van der Waals surface area contributed by atoms with Gasteiger partial charge in [-0.05, 0) is 40.7 Å². The number of anilines is 2. The quantitative estimate of drug-likeness (QED) is 0.869. The van der Waals surface area contributed by atoms with Crippen LogP contribution in [-0.2, 0) is 9.47 Å². The van der Waals surface area contributed by atoms with E-state index >= 15 is 0 Å². The number of rotatable bonds is 3. The van der Waals surface area contributed by atoms with Gasteiger partial charge in [0.1, 0.15) is 4.88 Å². The van der Waals surface area contributed by atoms with E-state index in [0.29, 0.717) is 17.2 Å². The number of ether oxygens (including phenoxy) is 2. The van der Waals surface area contributed by atoms with Crippen molar-refractivity contribution in [2.45, 2.75) is 45.8 Å². The minimum atomic E-state index is -0.349. The summed E-state index contributed by atoms with van der Waals surface area (Å²) in [6.07, 6.45) is 0. The van der Waals surface area contributed by atoms with E-state index in [4.69, 9.17) is 15.2 Å². The van der Waals surface area contributed by atoms with Gasteiger partial charge in [-0.25, -0.2) is 4.79 Å². The lowest BCUT2D eigenvalue weighted by Crippen LogP contribution is -2.57. The Morgan fingerprint density at radius 2 is 1.95 bits per heavy atom. The van der Waals surface area contributed by atoms with E-state index in [0.717, 1.165) is 18.1 Å². The standard InChI is InChI=1S/C15H24N2O3S/c1-6-19-13(18)12-10(16)7-11(21-12)17-8-14(2,3)20-15(4,5)9-17/h7H,6,8-9,16H2,1-5H3. The molecule has 1 aromatic rings. The minimum Gasteiger partial charge on any atom is -0.462 e. The molecule has 1 aromatic heterocycles. The van der Waals surface area contributed by atoms with E-state index in [9.17, 15) is 4.79 Å². The van der Waals surface area contributed by atoms with Crippen LogP contribution in [0.1, 0.15) is 44.3 Å². The Labute approximate surface area is 130 Å². The van der Waals surface area contributed by atoms with Gasteiger partial charge in [0.25, 0.3) is 0 Å². The van der Waals surface area contributed by atoms with E-state index in [1.807, 2.05) is 6.07 Å². The molecule has 5 nitrogen and oxygen atoms in total. The molecule has 0 bridgehead atoms. The Morgan fingerprint density at radius 3 is 2.48 bits per heavy atom. The molecule has 21 heavy (non-hydrogen) atoms. The van der Waals surface area contributed by atoms with E-state index in [1.165, 1.54) is 11.3 Å². The second kappa shape index (κ2) is 5.50. The molecule has 2 rings (SSSR count). The van der Waals surface area contributed by atoms with Gasteiger partial charge in [-0.2, -0.15) is 0 Å². The molecule has 0 saturated carbocycles. The Kier molecular flexibility index (Phi) is 4.22. The van der Waals surface area contributed by atoms with Crippen molar-refractivity contribution in [3.63, 3.8) is 0 Å². The first-order valence-electron chi connectivity index (χ1n) is 7.15. The highest BCUT2D eigenvalue weighted by atomic mass is 32.1. The van der Waals surface area contributed by atoms with Crippen LogP contribution in [0, 0.1) is 0 Å². The van der Waals surface area contributed by atoms with Gasteiger partial charge in [-0.3, -0.25) is 0 Å². The molecule has 2 heterocycles. The second-order valence-corrected chi connectivity index (χ2v) is 7.60. The number of hydrogen-bond acceptors (Lipinski definition) is 6. The summed E-state index contributed by atoms with van der Waals surface area (Å²) in [5.41, 5.74) is 5.96. The molecule has 0 amide bonds. The van der Waals surface area contributed by atoms with Crippen molar-refractivity contribution >= 4 is 28.0 Å². The number of hydrogen-bond donors (Lipinski definition) is 1. The summed E-state index contributed by atoms with van der Waals surface area (Å²) >= 11 is 1.39. The number of thiophene rings is 1. The molecule has 1 fully saturated rings. The molecule has 1 aliphatic rings. The lowest BCUT2D eigenvalue weighted by atomic mass is 9.99. The molecular formula is C15H24N2O3S. The Morgan fingerprint density at radius 1 is 1.38 bits per heavy atom. The van der Waals surface area contributed by atoms with Crippen molar-refractivity contribution in [1.29, 1.82) is 0 Å². The summed E-state index contributed by atoms with van der Waals surface area (Å²) in [7, 11) is 0. The molecule has 1 saturated heterocycles. The van der Waals surface area contributed by atoms with Crippen molar-refractivity contribution in [3.8, 4) is 0 Å². The van der Waals surface area contributed by atoms with Crippen LogP contribution in [0.15, 0.2) is 6.07 Å². The van der Waals surface area contributed by atoms with Gasteiger partial charge in [-0.15, -0.1) is 11.3 Å². The summed E-state index contributed by atoms with van der Waals surface area (Å²) in [5, 5.41) is 0.986. The highest BCUT2D eigenvalue weighted by molar-refractivity contribution is 7.18. The largest absolute Gasteiger partial charge is 0.462 e. The number of nitrogen functional groups attached to an aromatic ring is 1. The molecule has 0 aromatic carbocycles. The van der Waals surface area contributed by atoms with Gasteiger partial charge >= 0.3 is 5.97 Å². The normalized spacial score (nSPS) is 20.3. The van der Waals surface area contributed by atoms with Gasteiger partial charge in [0.05, 0.1) is 28.5 Å². The SMILES string of the molecule is CCOC(=O)c1sc(N2CC(C)(C)OC(C)(C)C2)cc1N. The monoisotopic (exact) mass is 312 g/mol. The van der Waals surface area contributed by atoms with Gasteiger partial charge in [0, 0.05) is 13.1 Å². The molecular weight excluding hydrogens is 288 g/mol. The summed E-state index contributed by atoms with van der Waals surface area (Å²) in [5.74, 6) is -0.349. The topological polar surface area (TPSA) is 64.8 Å². The number of nitrogens with two attached hydrogens (primary N) is 1. The fraction of sp³-hybridized carbons (Fsp3) is 0.667. The van der Waals surface area contributed by atoms with Crippen LogP contribution in [0.2, 0.25) is 0 Å². The molecule has 0 aliphatic carbocycles. The first kappa shape index (κ1) is 16.1.